The van der Waals surface area contributed by atoms with Crippen molar-refractivity contribution in [2.24, 2.45) is 0 Å². The zero-order chi connectivity index (χ0) is 17.1. The molecule has 4 nitrogen and oxygen atoms in total. The van der Waals surface area contributed by atoms with Gasteiger partial charge in [-0.05, 0) is 47.9 Å². The first-order chi connectivity index (χ1) is 11.6. The molecule has 1 heterocycles. The summed E-state index contributed by atoms with van der Waals surface area (Å²) in [6, 6.07) is 8.07. The maximum absolute atomic E-state index is 10.3. The minimum Gasteiger partial charge on any atom is -0.508 e. The Hall–Kier alpha value is -2.49. The molecular weight excluding hydrogens is 300 g/mol. The molecule has 1 N–H and O–H groups in total. The van der Waals surface area contributed by atoms with Gasteiger partial charge in [-0.1, -0.05) is 26.0 Å². The molecule has 4 heteroatoms. The first kappa shape index (κ1) is 16.4. The van der Waals surface area contributed by atoms with E-state index in [2.05, 4.69) is 37.0 Å². The summed E-state index contributed by atoms with van der Waals surface area (Å²) in [6.45, 7) is 7.72. The molecule has 0 fully saturated rings. The maximum atomic E-state index is 10.3. The fraction of sp³-hybridized carbons (Fsp3) is 0.350. The van der Waals surface area contributed by atoms with Gasteiger partial charge in [0.25, 0.3) is 0 Å². The summed E-state index contributed by atoms with van der Waals surface area (Å²) in [6.07, 6.45) is 6.45. The van der Waals surface area contributed by atoms with Crippen LogP contribution in [0.25, 0.3) is 10.8 Å². The molecule has 0 bridgehead atoms. The third kappa shape index (κ3) is 3.37. The van der Waals surface area contributed by atoms with Crippen LogP contribution in [0.2, 0.25) is 0 Å². The molecule has 0 aliphatic heterocycles. The average molecular weight is 324 g/mol. The standard InChI is InChI=1S/C20H24N2O2/c1-14(2)17-11-16-6-5-15(3)20(18(16)12-19(17)23)24-10-4-8-22-9-7-21-13-22/h5-7,9,11-14,23H,4,8,10H2,1-3H3. The lowest BCUT2D eigenvalue weighted by Crippen LogP contribution is -2.04. The first-order valence-electron chi connectivity index (χ1n) is 8.41. The third-order valence-electron chi connectivity index (χ3n) is 4.30. The molecule has 3 rings (SSSR count). The van der Waals surface area contributed by atoms with Crippen molar-refractivity contribution in [2.75, 3.05) is 6.61 Å². The molecular formula is C20H24N2O2. The zero-order valence-corrected chi connectivity index (χ0v) is 14.5. The Morgan fingerprint density at radius 3 is 2.79 bits per heavy atom. The summed E-state index contributed by atoms with van der Waals surface area (Å²) < 4.78 is 8.10. The average Bonchev–Trinajstić information content (AvgIpc) is 3.06. The third-order valence-corrected chi connectivity index (χ3v) is 4.30. The van der Waals surface area contributed by atoms with Gasteiger partial charge in [-0.3, -0.25) is 0 Å². The van der Waals surface area contributed by atoms with Crippen LogP contribution in [0.15, 0.2) is 43.0 Å². The number of rotatable bonds is 6. The van der Waals surface area contributed by atoms with Crippen LogP contribution in [-0.4, -0.2) is 21.3 Å². The molecule has 0 unspecified atom stereocenters. The van der Waals surface area contributed by atoms with E-state index >= 15 is 0 Å². The largest absolute Gasteiger partial charge is 0.508 e. The topological polar surface area (TPSA) is 47.3 Å². The molecule has 0 aliphatic rings. The van der Waals surface area contributed by atoms with E-state index in [1.165, 1.54) is 0 Å². The van der Waals surface area contributed by atoms with Crippen molar-refractivity contribution in [1.29, 1.82) is 0 Å². The number of phenolic OH excluding ortho intramolecular Hbond substituents is 1. The first-order valence-corrected chi connectivity index (χ1v) is 8.41. The lowest BCUT2D eigenvalue weighted by molar-refractivity contribution is 0.303. The van der Waals surface area contributed by atoms with Gasteiger partial charge in [-0.15, -0.1) is 0 Å². The van der Waals surface area contributed by atoms with E-state index in [9.17, 15) is 5.11 Å². The molecule has 2 aromatic carbocycles. The SMILES string of the molecule is Cc1ccc2cc(C(C)C)c(O)cc2c1OCCCn1ccnc1. The second kappa shape index (κ2) is 6.95. The Balaban J connectivity index is 1.81. The van der Waals surface area contributed by atoms with Crippen molar-refractivity contribution in [1.82, 2.24) is 9.55 Å². The molecule has 3 aromatic rings. The van der Waals surface area contributed by atoms with Crippen LogP contribution >= 0.6 is 0 Å². The van der Waals surface area contributed by atoms with E-state index in [0.717, 1.165) is 40.6 Å². The number of aromatic hydroxyl groups is 1. The molecule has 1 aromatic heterocycles. The molecule has 0 saturated carbocycles. The summed E-state index contributed by atoms with van der Waals surface area (Å²) in [5, 5.41) is 12.4. The lowest BCUT2D eigenvalue weighted by Gasteiger charge is -2.15. The van der Waals surface area contributed by atoms with Gasteiger partial charge in [-0.2, -0.15) is 0 Å². The van der Waals surface area contributed by atoms with E-state index in [1.54, 1.807) is 6.20 Å². The lowest BCUT2D eigenvalue weighted by atomic mass is 9.96. The molecule has 0 spiro atoms. The van der Waals surface area contributed by atoms with E-state index in [0.29, 0.717) is 12.4 Å². The van der Waals surface area contributed by atoms with Gasteiger partial charge in [0.1, 0.15) is 11.5 Å². The molecule has 126 valence electrons. The van der Waals surface area contributed by atoms with Gasteiger partial charge in [0.2, 0.25) is 0 Å². The Kier molecular flexibility index (Phi) is 4.74. The molecule has 24 heavy (non-hydrogen) atoms. The quantitative estimate of drug-likeness (QED) is 0.672. The van der Waals surface area contributed by atoms with Gasteiger partial charge in [0.05, 0.1) is 12.9 Å². The van der Waals surface area contributed by atoms with E-state index in [-0.39, 0.29) is 5.92 Å². The number of nitrogens with zero attached hydrogens (tertiary/aromatic N) is 2. The van der Waals surface area contributed by atoms with Crippen molar-refractivity contribution < 1.29 is 9.84 Å². The maximum Gasteiger partial charge on any atom is 0.130 e. The molecule has 0 atom stereocenters. The summed E-state index contributed by atoms with van der Waals surface area (Å²) >= 11 is 0. The van der Waals surface area contributed by atoms with Crippen molar-refractivity contribution in [2.45, 2.75) is 39.7 Å². The van der Waals surface area contributed by atoms with Gasteiger partial charge in [0.15, 0.2) is 0 Å². The highest BCUT2D eigenvalue weighted by molar-refractivity contribution is 5.91. The molecule has 0 saturated heterocycles. The summed E-state index contributed by atoms with van der Waals surface area (Å²) in [4.78, 5) is 4.04. The summed E-state index contributed by atoms with van der Waals surface area (Å²) in [5.74, 6) is 1.49. The van der Waals surface area contributed by atoms with Crippen LogP contribution in [0.1, 0.15) is 37.3 Å². The number of hydrogen-bond acceptors (Lipinski definition) is 3. The minimum atomic E-state index is 0.287. The highest BCUT2D eigenvalue weighted by atomic mass is 16.5. The summed E-state index contributed by atoms with van der Waals surface area (Å²) in [5.41, 5.74) is 2.05. The monoisotopic (exact) mass is 324 g/mol. The van der Waals surface area contributed by atoms with Crippen molar-refractivity contribution in [3.05, 3.63) is 54.1 Å². The van der Waals surface area contributed by atoms with Gasteiger partial charge in [-0.25, -0.2) is 4.98 Å². The van der Waals surface area contributed by atoms with E-state index in [4.69, 9.17) is 4.74 Å². The fourth-order valence-electron chi connectivity index (χ4n) is 2.95. The molecule has 0 amide bonds. The zero-order valence-electron chi connectivity index (χ0n) is 14.5. The number of imidazole rings is 1. The molecule has 0 aliphatic carbocycles. The number of hydrogen-bond donors (Lipinski definition) is 1. The molecule has 0 radical (unpaired) electrons. The minimum absolute atomic E-state index is 0.287. The number of phenols is 1. The predicted molar refractivity (Wildman–Crippen MR) is 96.8 cm³/mol. The number of aryl methyl sites for hydroxylation is 2. The number of ether oxygens (including phenoxy) is 1. The van der Waals surface area contributed by atoms with E-state index in [1.807, 2.05) is 30.1 Å². The Labute approximate surface area is 142 Å². The number of fused-ring (bicyclic) bond motifs is 1. The van der Waals surface area contributed by atoms with Crippen molar-refractivity contribution >= 4 is 10.8 Å². The van der Waals surface area contributed by atoms with Gasteiger partial charge < -0.3 is 14.4 Å². The van der Waals surface area contributed by atoms with Gasteiger partial charge >= 0.3 is 0 Å². The van der Waals surface area contributed by atoms with Gasteiger partial charge in [0, 0.05) is 24.3 Å². The van der Waals surface area contributed by atoms with Crippen LogP contribution in [0.5, 0.6) is 11.5 Å². The summed E-state index contributed by atoms with van der Waals surface area (Å²) in [7, 11) is 0. The van der Waals surface area contributed by atoms with Crippen LogP contribution in [0.4, 0.5) is 0 Å². The second-order valence-corrected chi connectivity index (χ2v) is 6.50. The van der Waals surface area contributed by atoms with Crippen LogP contribution in [0, 0.1) is 6.92 Å². The Morgan fingerprint density at radius 2 is 2.08 bits per heavy atom. The predicted octanol–water partition coefficient (Wildman–Crippen LogP) is 4.64. The Morgan fingerprint density at radius 1 is 1.25 bits per heavy atom. The fourth-order valence-corrected chi connectivity index (χ4v) is 2.95. The van der Waals surface area contributed by atoms with Crippen molar-refractivity contribution in [3.8, 4) is 11.5 Å². The van der Waals surface area contributed by atoms with Crippen LogP contribution < -0.4 is 4.74 Å². The highest BCUT2D eigenvalue weighted by Crippen LogP contribution is 2.36. The number of benzene rings is 2. The smallest absolute Gasteiger partial charge is 0.130 e. The van der Waals surface area contributed by atoms with E-state index < -0.39 is 0 Å². The van der Waals surface area contributed by atoms with Crippen LogP contribution in [0.3, 0.4) is 0 Å². The number of aromatic nitrogens is 2. The highest BCUT2D eigenvalue weighted by Gasteiger charge is 2.12. The Bertz CT molecular complexity index is 823. The normalized spacial score (nSPS) is 11.3. The second-order valence-electron chi connectivity index (χ2n) is 6.50. The van der Waals surface area contributed by atoms with Crippen molar-refractivity contribution in [3.63, 3.8) is 0 Å². The van der Waals surface area contributed by atoms with Crippen LogP contribution in [-0.2, 0) is 6.54 Å².